The van der Waals surface area contributed by atoms with Crippen molar-refractivity contribution in [1.29, 1.82) is 0 Å². The second-order valence-electron chi connectivity index (χ2n) is 4.18. The highest BCUT2D eigenvalue weighted by molar-refractivity contribution is 6.31. The minimum absolute atomic E-state index is 0.150. The number of aryl methyl sites for hydroxylation is 1. The van der Waals surface area contributed by atoms with Gasteiger partial charge >= 0.3 is 5.97 Å². The molecule has 2 aromatic carbocycles. The average molecular weight is 277 g/mol. The number of benzene rings is 2. The molecule has 2 rings (SSSR count). The van der Waals surface area contributed by atoms with Gasteiger partial charge in [0.15, 0.2) is 0 Å². The molecule has 0 atom stereocenters. The topological polar surface area (TPSA) is 46.5 Å². The van der Waals surface area contributed by atoms with Crippen LogP contribution in [0.15, 0.2) is 36.4 Å². The molecule has 0 saturated heterocycles. The summed E-state index contributed by atoms with van der Waals surface area (Å²) >= 11 is 5.99. The van der Waals surface area contributed by atoms with E-state index in [-0.39, 0.29) is 5.56 Å². The zero-order valence-electron chi connectivity index (χ0n) is 10.6. The monoisotopic (exact) mass is 276 g/mol. The van der Waals surface area contributed by atoms with Crippen molar-refractivity contribution in [1.82, 2.24) is 0 Å². The highest BCUT2D eigenvalue weighted by atomic mass is 35.5. The first-order chi connectivity index (χ1) is 9.02. The normalized spacial score (nSPS) is 10.3. The first-order valence-electron chi connectivity index (χ1n) is 5.71. The Hall–Kier alpha value is -2.00. The Balaban J connectivity index is 2.51. The van der Waals surface area contributed by atoms with Crippen molar-refractivity contribution in [3.05, 3.63) is 52.5 Å². The number of methoxy groups -OCH3 is 1. The summed E-state index contributed by atoms with van der Waals surface area (Å²) < 4.78 is 5.12. The van der Waals surface area contributed by atoms with E-state index in [9.17, 15) is 4.79 Å². The van der Waals surface area contributed by atoms with Crippen LogP contribution in [0.3, 0.4) is 0 Å². The molecule has 98 valence electrons. The van der Waals surface area contributed by atoms with Gasteiger partial charge in [-0.1, -0.05) is 23.7 Å². The molecule has 0 amide bonds. The van der Waals surface area contributed by atoms with Gasteiger partial charge in [-0.25, -0.2) is 4.79 Å². The molecule has 1 N–H and O–H groups in total. The summed E-state index contributed by atoms with van der Waals surface area (Å²) in [7, 11) is 1.46. The zero-order chi connectivity index (χ0) is 14.0. The van der Waals surface area contributed by atoms with E-state index in [1.54, 1.807) is 18.2 Å². The van der Waals surface area contributed by atoms with Crippen LogP contribution in [0.25, 0.3) is 11.1 Å². The number of halogens is 1. The predicted molar refractivity (Wildman–Crippen MR) is 75.1 cm³/mol. The summed E-state index contributed by atoms with van der Waals surface area (Å²) in [5, 5.41) is 9.75. The van der Waals surface area contributed by atoms with Crippen molar-refractivity contribution < 1.29 is 14.6 Å². The van der Waals surface area contributed by atoms with Gasteiger partial charge < -0.3 is 9.84 Å². The summed E-state index contributed by atoms with van der Waals surface area (Å²) in [6, 6.07) is 10.7. The summed E-state index contributed by atoms with van der Waals surface area (Å²) in [4.78, 5) is 11.0. The molecule has 0 spiro atoms. The number of carboxylic acid groups (broad SMARTS) is 1. The summed E-state index contributed by atoms with van der Waals surface area (Å²) in [6.07, 6.45) is 0. The minimum atomic E-state index is -1.00. The SMILES string of the molecule is COc1cc(-c2ccc(Cl)c(C)c2)ccc1C(=O)O. The molecular weight excluding hydrogens is 264 g/mol. The van der Waals surface area contributed by atoms with E-state index in [1.165, 1.54) is 7.11 Å². The Labute approximate surface area is 116 Å². The summed E-state index contributed by atoms with van der Waals surface area (Å²) in [5.74, 6) is -0.659. The largest absolute Gasteiger partial charge is 0.496 e. The molecule has 0 aromatic heterocycles. The lowest BCUT2D eigenvalue weighted by molar-refractivity contribution is 0.0693. The summed E-state index contributed by atoms with van der Waals surface area (Å²) in [6.45, 7) is 1.93. The Bertz CT molecular complexity index is 635. The molecule has 0 fully saturated rings. The van der Waals surface area contributed by atoms with Crippen LogP contribution in [0.2, 0.25) is 5.02 Å². The first kappa shape index (κ1) is 13.4. The molecule has 0 unspecified atom stereocenters. The Morgan fingerprint density at radius 1 is 1.16 bits per heavy atom. The number of aromatic carboxylic acids is 1. The quantitative estimate of drug-likeness (QED) is 0.921. The van der Waals surface area contributed by atoms with Crippen LogP contribution < -0.4 is 4.74 Å². The van der Waals surface area contributed by atoms with Crippen LogP contribution >= 0.6 is 11.6 Å². The molecule has 3 nitrogen and oxygen atoms in total. The maximum Gasteiger partial charge on any atom is 0.339 e. The van der Waals surface area contributed by atoms with Crippen molar-refractivity contribution in [3.8, 4) is 16.9 Å². The molecule has 2 aromatic rings. The number of hydrogen-bond acceptors (Lipinski definition) is 2. The second-order valence-corrected chi connectivity index (χ2v) is 4.59. The van der Waals surface area contributed by atoms with Crippen LogP contribution in [-0.2, 0) is 0 Å². The highest BCUT2D eigenvalue weighted by Gasteiger charge is 2.12. The molecule has 4 heteroatoms. The standard InChI is InChI=1S/C15H13ClO3/c1-9-7-10(4-6-13(9)16)11-3-5-12(15(17)18)14(8-11)19-2/h3-8H,1-2H3,(H,17,18). The van der Waals surface area contributed by atoms with Gasteiger partial charge in [0, 0.05) is 5.02 Å². The smallest absolute Gasteiger partial charge is 0.339 e. The van der Waals surface area contributed by atoms with Crippen LogP contribution in [-0.4, -0.2) is 18.2 Å². The van der Waals surface area contributed by atoms with E-state index in [0.717, 1.165) is 16.7 Å². The zero-order valence-corrected chi connectivity index (χ0v) is 11.4. The van der Waals surface area contributed by atoms with Gasteiger partial charge in [0.1, 0.15) is 11.3 Å². The number of carbonyl (C=O) groups is 1. The van der Waals surface area contributed by atoms with Gasteiger partial charge in [-0.2, -0.15) is 0 Å². The number of carboxylic acids is 1. The third kappa shape index (κ3) is 2.71. The first-order valence-corrected chi connectivity index (χ1v) is 6.08. The fraction of sp³-hybridized carbons (Fsp3) is 0.133. The van der Waals surface area contributed by atoms with Crippen LogP contribution in [0.4, 0.5) is 0 Å². The van der Waals surface area contributed by atoms with E-state index in [2.05, 4.69) is 0 Å². The average Bonchev–Trinajstić information content (AvgIpc) is 2.41. The van der Waals surface area contributed by atoms with Gasteiger partial charge in [0.05, 0.1) is 7.11 Å². The maximum absolute atomic E-state index is 11.0. The maximum atomic E-state index is 11.0. The van der Waals surface area contributed by atoms with Crippen LogP contribution in [0, 0.1) is 6.92 Å². The Morgan fingerprint density at radius 3 is 2.37 bits per heavy atom. The Kier molecular flexibility index (Phi) is 3.76. The van der Waals surface area contributed by atoms with E-state index in [4.69, 9.17) is 21.4 Å². The van der Waals surface area contributed by atoms with Crippen molar-refractivity contribution in [2.45, 2.75) is 6.92 Å². The van der Waals surface area contributed by atoms with Crippen LogP contribution in [0.5, 0.6) is 5.75 Å². The molecule has 19 heavy (non-hydrogen) atoms. The van der Waals surface area contributed by atoms with Crippen molar-refractivity contribution in [2.24, 2.45) is 0 Å². The van der Waals surface area contributed by atoms with Crippen molar-refractivity contribution in [3.63, 3.8) is 0 Å². The highest BCUT2D eigenvalue weighted by Crippen LogP contribution is 2.29. The van der Waals surface area contributed by atoms with Crippen molar-refractivity contribution >= 4 is 17.6 Å². The van der Waals surface area contributed by atoms with Gasteiger partial charge in [-0.15, -0.1) is 0 Å². The van der Waals surface area contributed by atoms with Gasteiger partial charge in [0.2, 0.25) is 0 Å². The lowest BCUT2D eigenvalue weighted by atomic mass is 10.0. The summed E-state index contributed by atoms with van der Waals surface area (Å²) in [5.41, 5.74) is 2.98. The molecule has 0 bridgehead atoms. The fourth-order valence-electron chi connectivity index (χ4n) is 1.87. The van der Waals surface area contributed by atoms with Crippen LogP contribution in [0.1, 0.15) is 15.9 Å². The molecule has 0 radical (unpaired) electrons. The molecular formula is C15H13ClO3. The third-order valence-corrected chi connectivity index (χ3v) is 3.35. The fourth-order valence-corrected chi connectivity index (χ4v) is 1.99. The van der Waals surface area contributed by atoms with E-state index >= 15 is 0 Å². The van der Waals surface area contributed by atoms with Gasteiger partial charge in [-0.05, 0) is 47.9 Å². The molecule has 0 aliphatic heterocycles. The number of hydrogen-bond donors (Lipinski definition) is 1. The Morgan fingerprint density at radius 2 is 1.79 bits per heavy atom. The number of ether oxygens (including phenoxy) is 1. The lowest BCUT2D eigenvalue weighted by Gasteiger charge is -2.09. The van der Waals surface area contributed by atoms with Gasteiger partial charge in [-0.3, -0.25) is 0 Å². The number of rotatable bonds is 3. The molecule has 0 heterocycles. The molecule has 0 aliphatic rings. The van der Waals surface area contributed by atoms with E-state index in [1.807, 2.05) is 25.1 Å². The predicted octanol–water partition coefficient (Wildman–Crippen LogP) is 4.02. The lowest BCUT2D eigenvalue weighted by Crippen LogP contribution is -2.00. The van der Waals surface area contributed by atoms with Gasteiger partial charge in [0.25, 0.3) is 0 Å². The third-order valence-electron chi connectivity index (χ3n) is 2.92. The van der Waals surface area contributed by atoms with E-state index < -0.39 is 5.97 Å². The minimum Gasteiger partial charge on any atom is -0.496 e. The van der Waals surface area contributed by atoms with Crippen molar-refractivity contribution in [2.75, 3.05) is 7.11 Å². The molecule has 0 aliphatic carbocycles. The second kappa shape index (κ2) is 5.33. The van der Waals surface area contributed by atoms with E-state index in [0.29, 0.717) is 10.8 Å². The molecule has 0 saturated carbocycles.